The third-order valence-corrected chi connectivity index (χ3v) is 5.97. The van der Waals surface area contributed by atoms with Crippen LogP contribution in [0.15, 0.2) is 78.2 Å². The van der Waals surface area contributed by atoms with Crippen molar-refractivity contribution in [1.29, 1.82) is 0 Å². The Morgan fingerprint density at radius 2 is 2.03 bits per heavy atom. The maximum Gasteiger partial charge on any atom is 0.261 e. The van der Waals surface area contributed by atoms with Gasteiger partial charge in [-0.05, 0) is 42.7 Å². The van der Waals surface area contributed by atoms with Gasteiger partial charge in [-0.25, -0.2) is 9.97 Å². The molecule has 0 saturated heterocycles. The lowest BCUT2D eigenvalue weighted by Gasteiger charge is -2.17. The zero-order chi connectivity index (χ0) is 23.5. The van der Waals surface area contributed by atoms with Gasteiger partial charge in [-0.3, -0.25) is 4.79 Å². The Morgan fingerprint density at radius 1 is 1.18 bits per heavy atom. The van der Waals surface area contributed by atoms with Gasteiger partial charge >= 0.3 is 0 Å². The van der Waals surface area contributed by atoms with Crippen molar-refractivity contribution in [3.63, 3.8) is 0 Å². The molecule has 0 aliphatic heterocycles. The molecule has 4 N–H and O–H groups in total. The molecule has 5 rings (SSSR count). The second kappa shape index (κ2) is 9.36. The number of aromatic amines is 2. The largest absolute Gasteiger partial charge is 0.396 e. The molecule has 0 unspecified atom stereocenters. The average Bonchev–Trinajstić information content (AvgIpc) is 3.53. The number of benzene rings is 2. The van der Waals surface area contributed by atoms with Gasteiger partial charge in [0.1, 0.15) is 11.4 Å². The number of aromatic nitrogens is 5. The van der Waals surface area contributed by atoms with E-state index in [-0.39, 0.29) is 18.1 Å². The fourth-order valence-corrected chi connectivity index (χ4v) is 4.21. The van der Waals surface area contributed by atoms with E-state index >= 15 is 0 Å². The summed E-state index contributed by atoms with van der Waals surface area (Å²) < 4.78 is 1.93. The van der Waals surface area contributed by atoms with E-state index in [1.165, 1.54) is 0 Å². The number of fused-ring (bicyclic) bond motifs is 1. The van der Waals surface area contributed by atoms with E-state index in [4.69, 9.17) is 4.98 Å². The van der Waals surface area contributed by atoms with Crippen molar-refractivity contribution in [3.05, 3.63) is 94.9 Å². The summed E-state index contributed by atoms with van der Waals surface area (Å²) in [6, 6.07) is 15.9. The number of imidazole rings is 2. The average molecular weight is 455 g/mol. The maximum absolute atomic E-state index is 12.8. The second-order valence-corrected chi connectivity index (χ2v) is 8.43. The van der Waals surface area contributed by atoms with E-state index in [2.05, 4.69) is 32.4 Å². The van der Waals surface area contributed by atoms with E-state index in [0.29, 0.717) is 23.6 Å². The Bertz CT molecular complexity index is 1450. The number of hydrogen-bond donors (Lipinski definition) is 4. The molecule has 172 valence electrons. The molecule has 0 spiro atoms. The van der Waals surface area contributed by atoms with Crippen LogP contribution in [0.3, 0.4) is 0 Å². The van der Waals surface area contributed by atoms with Crippen LogP contribution in [0, 0.1) is 12.8 Å². The lowest BCUT2D eigenvalue weighted by molar-refractivity contribution is 0.232. The fourth-order valence-electron chi connectivity index (χ4n) is 4.21. The van der Waals surface area contributed by atoms with Crippen molar-refractivity contribution in [2.75, 3.05) is 18.5 Å². The van der Waals surface area contributed by atoms with Gasteiger partial charge in [-0.2, -0.15) is 0 Å². The van der Waals surface area contributed by atoms with Crippen LogP contribution < -0.4 is 10.9 Å². The molecule has 0 aliphatic rings. The summed E-state index contributed by atoms with van der Waals surface area (Å²) in [4.78, 5) is 27.8. The van der Waals surface area contributed by atoms with Crippen LogP contribution >= 0.6 is 0 Å². The highest BCUT2D eigenvalue weighted by Crippen LogP contribution is 2.27. The first-order chi connectivity index (χ1) is 16.6. The first kappa shape index (κ1) is 21.7. The number of aryl methyl sites for hydroxylation is 1. The lowest BCUT2D eigenvalue weighted by Crippen LogP contribution is -2.22. The molecule has 0 saturated carbocycles. The Kier molecular flexibility index (Phi) is 5.97. The first-order valence-electron chi connectivity index (χ1n) is 11.2. The van der Waals surface area contributed by atoms with Crippen LogP contribution in [0.4, 0.5) is 5.69 Å². The molecule has 3 aromatic heterocycles. The Labute approximate surface area is 196 Å². The molecule has 34 heavy (non-hydrogen) atoms. The number of nitrogens with zero attached hydrogens (tertiary/aromatic N) is 3. The van der Waals surface area contributed by atoms with Crippen LogP contribution in [0.1, 0.15) is 11.1 Å². The Hall–Kier alpha value is -4.17. The standard InChI is InChI=1S/C26H26N6O2/c1-17-11-20(32-10-9-27-16-32)13-22-24(17)31-25(30-22)23-21(7-8-28-26(23)34)29-14-19(15-33)12-18-5-3-2-4-6-18/h2-11,13,16,19,33H,12,14-15H2,1H3,(H,30,31)(H2,28,29,34)/t19-/m0/s1. The molecule has 0 fully saturated rings. The SMILES string of the molecule is Cc1cc(-n2ccnc2)cc2[nH]c(-c3c(NC[C@@H](CO)Cc4ccccc4)cc[nH]c3=O)nc12. The Balaban J connectivity index is 1.45. The van der Waals surface area contributed by atoms with Crippen molar-refractivity contribution in [3.8, 4) is 17.1 Å². The third kappa shape index (κ3) is 4.35. The van der Waals surface area contributed by atoms with Gasteiger partial charge < -0.3 is 25.0 Å². The van der Waals surface area contributed by atoms with E-state index < -0.39 is 0 Å². The maximum atomic E-state index is 12.8. The summed E-state index contributed by atoms with van der Waals surface area (Å²) in [5.41, 5.74) is 5.64. The number of H-pyrrole nitrogens is 2. The smallest absolute Gasteiger partial charge is 0.261 e. The number of pyridine rings is 1. The van der Waals surface area contributed by atoms with Crippen LogP contribution in [0.5, 0.6) is 0 Å². The monoisotopic (exact) mass is 454 g/mol. The number of aliphatic hydroxyl groups excluding tert-OH is 1. The minimum atomic E-state index is -0.236. The van der Waals surface area contributed by atoms with Gasteiger partial charge in [0, 0.05) is 43.3 Å². The van der Waals surface area contributed by atoms with Crippen molar-refractivity contribution in [2.24, 2.45) is 5.92 Å². The molecule has 0 radical (unpaired) electrons. The molecule has 3 heterocycles. The normalized spacial score (nSPS) is 12.2. The second-order valence-electron chi connectivity index (χ2n) is 8.43. The topological polar surface area (TPSA) is 112 Å². The molecule has 1 atom stereocenters. The number of hydrogen-bond acceptors (Lipinski definition) is 5. The molecule has 5 aromatic rings. The van der Waals surface area contributed by atoms with E-state index in [9.17, 15) is 9.90 Å². The van der Waals surface area contributed by atoms with Gasteiger partial charge in [-0.15, -0.1) is 0 Å². The quantitative estimate of drug-likeness (QED) is 0.286. The highest BCUT2D eigenvalue weighted by Gasteiger charge is 2.17. The molecule has 8 heteroatoms. The summed E-state index contributed by atoms with van der Waals surface area (Å²) in [7, 11) is 0. The van der Waals surface area contributed by atoms with Gasteiger partial charge in [0.25, 0.3) is 5.56 Å². The zero-order valence-electron chi connectivity index (χ0n) is 18.8. The summed E-state index contributed by atoms with van der Waals surface area (Å²) in [5.74, 6) is 0.499. The number of nitrogens with one attached hydrogen (secondary N) is 3. The molecule has 0 amide bonds. The summed E-state index contributed by atoms with van der Waals surface area (Å²) in [6.07, 6.45) is 7.72. The van der Waals surface area contributed by atoms with Crippen LogP contribution in [0.25, 0.3) is 28.1 Å². The van der Waals surface area contributed by atoms with Crippen molar-refractivity contribution >= 4 is 16.7 Å². The van der Waals surface area contributed by atoms with Gasteiger partial charge in [-0.1, -0.05) is 30.3 Å². The molecule has 8 nitrogen and oxygen atoms in total. The number of anilines is 1. The van der Waals surface area contributed by atoms with E-state index in [1.807, 2.05) is 54.1 Å². The zero-order valence-corrected chi connectivity index (χ0v) is 18.8. The van der Waals surface area contributed by atoms with Crippen LogP contribution in [-0.2, 0) is 6.42 Å². The number of aliphatic hydroxyl groups is 1. The molecular weight excluding hydrogens is 428 g/mol. The van der Waals surface area contributed by atoms with Crippen LogP contribution in [0.2, 0.25) is 0 Å². The van der Waals surface area contributed by atoms with Crippen molar-refractivity contribution in [1.82, 2.24) is 24.5 Å². The van der Waals surface area contributed by atoms with Crippen molar-refractivity contribution in [2.45, 2.75) is 13.3 Å². The minimum Gasteiger partial charge on any atom is -0.396 e. The Morgan fingerprint density at radius 3 is 2.79 bits per heavy atom. The predicted octanol–water partition coefficient (Wildman–Crippen LogP) is 3.68. The van der Waals surface area contributed by atoms with Gasteiger partial charge in [0.2, 0.25) is 0 Å². The van der Waals surface area contributed by atoms with E-state index in [0.717, 1.165) is 34.3 Å². The molecule has 0 aliphatic carbocycles. The lowest BCUT2D eigenvalue weighted by atomic mass is 10.00. The summed E-state index contributed by atoms with van der Waals surface area (Å²) in [5, 5.41) is 13.3. The van der Waals surface area contributed by atoms with Crippen molar-refractivity contribution < 1.29 is 5.11 Å². The predicted molar refractivity (Wildman–Crippen MR) is 133 cm³/mol. The minimum absolute atomic E-state index is 0.00481. The summed E-state index contributed by atoms with van der Waals surface area (Å²) >= 11 is 0. The summed E-state index contributed by atoms with van der Waals surface area (Å²) in [6.45, 7) is 2.56. The van der Waals surface area contributed by atoms with Gasteiger partial charge in [0.15, 0.2) is 0 Å². The highest BCUT2D eigenvalue weighted by atomic mass is 16.3. The van der Waals surface area contributed by atoms with Gasteiger partial charge in [0.05, 0.1) is 23.0 Å². The highest BCUT2D eigenvalue weighted by molar-refractivity contribution is 5.86. The number of rotatable bonds is 8. The van der Waals surface area contributed by atoms with Crippen LogP contribution in [-0.4, -0.2) is 42.8 Å². The third-order valence-electron chi connectivity index (χ3n) is 5.97. The first-order valence-corrected chi connectivity index (χ1v) is 11.2. The van der Waals surface area contributed by atoms with E-state index in [1.54, 1.807) is 18.7 Å². The molecular formula is C26H26N6O2. The molecule has 2 aromatic carbocycles. The fraction of sp³-hybridized carbons (Fsp3) is 0.192. The molecule has 0 bridgehead atoms.